The van der Waals surface area contributed by atoms with E-state index < -0.39 is 11.7 Å². The Morgan fingerprint density at radius 2 is 1.96 bits per heavy atom. The van der Waals surface area contributed by atoms with Crippen LogP contribution >= 0.6 is 11.8 Å². The van der Waals surface area contributed by atoms with Crippen molar-refractivity contribution < 1.29 is 13.2 Å². The molecule has 0 spiro atoms. The van der Waals surface area contributed by atoms with Crippen LogP contribution in [0.15, 0.2) is 40.4 Å². The number of thioether (sulfide) groups is 1. The molecular weight excluding hydrogens is 389 g/mol. The molecule has 1 aliphatic rings. The van der Waals surface area contributed by atoms with Crippen LogP contribution in [0.1, 0.15) is 17.5 Å². The molecule has 1 fully saturated rings. The number of piperazine rings is 1. The molecule has 1 aromatic carbocycles. The lowest BCUT2D eigenvalue weighted by Gasteiger charge is -2.36. The number of alkyl halides is 3. The Bertz CT molecular complexity index is 848. The topological polar surface area (TPSA) is 52.2 Å². The quantitative estimate of drug-likeness (QED) is 0.448. The summed E-state index contributed by atoms with van der Waals surface area (Å²) in [6.45, 7) is 5.70. The van der Waals surface area contributed by atoms with E-state index in [1.807, 2.05) is 4.90 Å². The molecule has 0 unspecified atom stereocenters. The van der Waals surface area contributed by atoms with Crippen molar-refractivity contribution in [2.45, 2.75) is 24.7 Å². The number of hydrogen-bond donors (Lipinski definition) is 1. The first-order valence-electron chi connectivity index (χ1n) is 9.16. The van der Waals surface area contributed by atoms with Crippen LogP contribution in [-0.4, -0.2) is 53.3 Å². The van der Waals surface area contributed by atoms with Gasteiger partial charge in [0.15, 0.2) is 5.16 Å². The second-order valence-corrected chi connectivity index (χ2v) is 7.86. The fraction of sp³-hybridized carbons (Fsp3) is 0.474. The Labute approximate surface area is 166 Å². The summed E-state index contributed by atoms with van der Waals surface area (Å²) in [6, 6.07) is 5.53. The molecule has 1 aliphatic heterocycles. The van der Waals surface area contributed by atoms with Gasteiger partial charge in [0.25, 0.3) is 5.56 Å². The minimum Gasteiger partial charge on any atom is -0.369 e. The largest absolute Gasteiger partial charge is 0.416 e. The monoisotopic (exact) mass is 412 g/mol. The summed E-state index contributed by atoms with van der Waals surface area (Å²) >= 11 is 1.52. The third-order valence-electron chi connectivity index (χ3n) is 4.72. The zero-order valence-corrected chi connectivity index (χ0v) is 16.4. The highest BCUT2D eigenvalue weighted by Crippen LogP contribution is 2.31. The lowest BCUT2D eigenvalue weighted by Crippen LogP contribution is -2.46. The zero-order valence-electron chi connectivity index (χ0n) is 15.6. The second-order valence-electron chi connectivity index (χ2n) is 6.78. The molecule has 0 saturated carbocycles. The van der Waals surface area contributed by atoms with Crippen LogP contribution in [0.5, 0.6) is 0 Å². The molecule has 0 bridgehead atoms. The average molecular weight is 412 g/mol. The molecule has 2 heterocycles. The van der Waals surface area contributed by atoms with Gasteiger partial charge in [-0.1, -0.05) is 17.8 Å². The summed E-state index contributed by atoms with van der Waals surface area (Å²) < 4.78 is 38.6. The molecule has 1 N–H and O–H groups in total. The number of rotatable bonds is 6. The molecule has 9 heteroatoms. The van der Waals surface area contributed by atoms with Crippen LogP contribution in [0.25, 0.3) is 0 Å². The van der Waals surface area contributed by atoms with Crippen molar-refractivity contribution in [3.8, 4) is 0 Å². The summed E-state index contributed by atoms with van der Waals surface area (Å²) in [7, 11) is 0. The second kappa shape index (κ2) is 9.00. The van der Waals surface area contributed by atoms with Crippen LogP contribution in [0.4, 0.5) is 18.9 Å². The number of halogens is 3. The number of nitrogens with one attached hydrogen (secondary N) is 1. The molecule has 1 aromatic heterocycles. The fourth-order valence-corrected chi connectivity index (χ4v) is 3.84. The Morgan fingerprint density at radius 1 is 1.21 bits per heavy atom. The van der Waals surface area contributed by atoms with E-state index in [2.05, 4.69) is 14.9 Å². The summed E-state index contributed by atoms with van der Waals surface area (Å²) in [5.74, 6) is 0.847. The molecule has 0 amide bonds. The number of H-pyrrole nitrogens is 1. The summed E-state index contributed by atoms with van der Waals surface area (Å²) in [5.41, 5.74) is 0.512. The standard InChI is InChI=1S/C19H23F3N4OS/c1-14-13-23-18(24-17(14)27)28-11-3-6-25-7-9-26(10-8-25)16-5-2-4-15(12-16)19(20,21)22/h2,4-5,12-13H,3,6-11H2,1H3,(H,23,24,27). The average Bonchev–Trinajstić information content (AvgIpc) is 2.68. The van der Waals surface area contributed by atoms with Gasteiger partial charge in [-0.3, -0.25) is 9.69 Å². The van der Waals surface area contributed by atoms with Gasteiger partial charge in [0.05, 0.1) is 5.56 Å². The van der Waals surface area contributed by atoms with Gasteiger partial charge in [-0.05, 0) is 38.1 Å². The van der Waals surface area contributed by atoms with E-state index in [4.69, 9.17) is 0 Å². The van der Waals surface area contributed by atoms with Gasteiger partial charge >= 0.3 is 6.18 Å². The van der Waals surface area contributed by atoms with Crippen molar-refractivity contribution >= 4 is 17.4 Å². The lowest BCUT2D eigenvalue weighted by molar-refractivity contribution is -0.137. The third kappa shape index (κ3) is 5.51. The number of aromatic amines is 1. The summed E-state index contributed by atoms with van der Waals surface area (Å²) in [6.07, 6.45) is -1.79. The highest BCUT2D eigenvalue weighted by atomic mass is 32.2. The zero-order chi connectivity index (χ0) is 20.1. The van der Waals surface area contributed by atoms with Gasteiger partial charge in [0.2, 0.25) is 0 Å². The predicted octanol–water partition coefficient (Wildman–Crippen LogP) is 3.40. The molecule has 5 nitrogen and oxygen atoms in total. The van der Waals surface area contributed by atoms with Crippen molar-refractivity contribution in [2.24, 2.45) is 0 Å². The van der Waals surface area contributed by atoms with Crippen LogP contribution < -0.4 is 10.5 Å². The minimum atomic E-state index is -4.31. The SMILES string of the molecule is Cc1cnc(SCCCN2CCN(c3cccc(C(F)(F)F)c3)CC2)[nH]c1=O. The minimum absolute atomic E-state index is 0.108. The molecular formula is C19H23F3N4OS. The number of aromatic nitrogens is 2. The van der Waals surface area contributed by atoms with Crippen LogP contribution in [0, 0.1) is 6.92 Å². The van der Waals surface area contributed by atoms with Crippen molar-refractivity contribution in [1.82, 2.24) is 14.9 Å². The van der Waals surface area contributed by atoms with E-state index in [0.29, 0.717) is 29.5 Å². The van der Waals surface area contributed by atoms with Gasteiger partial charge in [0.1, 0.15) is 0 Å². The first kappa shape index (κ1) is 20.7. The maximum Gasteiger partial charge on any atom is 0.416 e. The van der Waals surface area contributed by atoms with Crippen molar-refractivity contribution in [1.29, 1.82) is 0 Å². The van der Waals surface area contributed by atoms with Gasteiger partial charge in [-0.15, -0.1) is 0 Å². The van der Waals surface area contributed by atoms with Crippen LogP contribution in [-0.2, 0) is 6.18 Å². The maximum absolute atomic E-state index is 12.9. The van der Waals surface area contributed by atoms with E-state index in [1.54, 1.807) is 19.2 Å². The highest BCUT2D eigenvalue weighted by molar-refractivity contribution is 7.99. The van der Waals surface area contributed by atoms with E-state index in [9.17, 15) is 18.0 Å². The van der Waals surface area contributed by atoms with E-state index in [1.165, 1.54) is 23.9 Å². The Kier molecular flexibility index (Phi) is 6.66. The maximum atomic E-state index is 12.9. The normalized spacial score (nSPS) is 15.8. The van der Waals surface area contributed by atoms with Crippen molar-refractivity contribution in [3.63, 3.8) is 0 Å². The fourth-order valence-electron chi connectivity index (χ4n) is 3.08. The van der Waals surface area contributed by atoms with Gasteiger partial charge in [-0.2, -0.15) is 13.2 Å². The Morgan fingerprint density at radius 3 is 2.64 bits per heavy atom. The first-order chi connectivity index (χ1) is 13.3. The van der Waals surface area contributed by atoms with Gasteiger partial charge in [-0.25, -0.2) is 4.98 Å². The molecule has 0 aliphatic carbocycles. The van der Waals surface area contributed by atoms with E-state index in [0.717, 1.165) is 37.9 Å². The van der Waals surface area contributed by atoms with Crippen LogP contribution in [0.2, 0.25) is 0 Å². The van der Waals surface area contributed by atoms with Crippen molar-refractivity contribution in [2.75, 3.05) is 43.4 Å². The Hall–Kier alpha value is -2.00. The van der Waals surface area contributed by atoms with E-state index in [-0.39, 0.29) is 5.56 Å². The smallest absolute Gasteiger partial charge is 0.369 e. The molecule has 1 saturated heterocycles. The molecule has 0 atom stereocenters. The number of aryl methyl sites for hydroxylation is 1. The lowest BCUT2D eigenvalue weighted by atomic mass is 10.1. The number of benzene rings is 1. The number of hydrogen-bond acceptors (Lipinski definition) is 5. The molecule has 2 aromatic rings. The summed E-state index contributed by atoms with van der Waals surface area (Å²) in [4.78, 5) is 22.8. The Balaban J connectivity index is 1.42. The van der Waals surface area contributed by atoms with Crippen LogP contribution in [0.3, 0.4) is 0 Å². The highest BCUT2D eigenvalue weighted by Gasteiger charge is 2.31. The first-order valence-corrected chi connectivity index (χ1v) is 10.1. The van der Waals surface area contributed by atoms with E-state index >= 15 is 0 Å². The molecule has 152 valence electrons. The molecule has 28 heavy (non-hydrogen) atoms. The molecule has 3 rings (SSSR count). The van der Waals surface area contributed by atoms with Crippen molar-refractivity contribution in [3.05, 3.63) is 51.9 Å². The predicted molar refractivity (Wildman–Crippen MR) is 105 cm³/mol. The third-order valence-corrected chi connectivity index (χ3v) is 5.70. The number of anilines is 1. The van der Waals surface area contributed by atoms with Gasteiger partial charge in [0, 0.05) is 49.4 Å². The van der Waals surface area contributed by atoms with Gasteiger partial charge < -0.3 is 9.88 Å². The molecule has 0 radical (unpaired) electrons. The summed E-state index contributed by atoms with van der Waals surface area (Å²) in [5, 5.41) is 0.630. The number of nitrogens with zero attached hydrogens (tertiary/aromatic N) is 3.